The number of carbonyl (C=O) groups excluding carboxylic acids is 1. The molecule has 1 saturated heterocycles. The summed E-state index contributed by atoms with van der Waals surface area (Å²) in [7, 11) is -3.44. The van der Waals surface area contributed by atoms with Crippen molar-refractivity contribution in [1.29, 1.82) is 0 Å². The minimum Gasteiger partial charge on any atom is -0.372 e. The monoisotopic (exact) mass is 395 g/mol. The fourth-order valence-electron chi connectivity index (χ4n) is 3.28. The number of rotatable bonds is 9. The van der Waals surface area contributed by atoms with Gasteiger partial charge in [0, 0.05) is 38.3 Å². The molecule has 1 aliphatic heterocycles. The minimum absolute atomic E-state index is 0.115. The summed E-state index contributed by atoms with van der Waals surface area (Å²) in [6.45, 7) is 7.20. The Bertz CT molecular complexity index is 696. The standard InChI is InChI=1S/C20H33N3O3S/c1-4-5-13-21-20(24)12-16-23(27(3,25)26)19-8-6-18(7-9-19)22-14-10-17(2)11-15-22/h6-9,17H,4-5,10-16H2,1-3H3,(H,21,24). The molecule has 0 atom stereocenters. The van der Waals surface area contributed by atoms with E-state index in [0.29, 0.717) is 12.2 Å². The lowest BCUT2D eigenvalue weighted by molar-refractivity contribution is -0.120. The van der Waals surface area contributed by atoms with Gasteiger partial charge in [0.25, 0.3) is 0 Å². The van der Waals surface area contributed by atoms with Crippen molar-refractivity contribution in [2.75, 3.05) is 41.6 Å². The number of benzene rings is 1. The number of hydrogen-bond donors (Lipinski definition) is 1. The SMILES string of the molecule is CCCCNC(=O)CCN(c1ccc(N2CCC(C)CC2)cc1)S(C)(=O)=O. The molecule has 1 aromatic rings. The summed E-state index contributed by atoms with van der Waals surface area (Å²) >= 11 is 0. The molecule has 1 N–H and O–H groups in total. The number of nitrogens with zero attached hydrogens (tertiary/aromatic N) is 2. The first-order valence-electron chi connectivity index (χ1n) is 9.90. The zero-order valence-electron chi connectivity index (χ0n) is 16.8. The lowest BCUT2D eigenvalue weighted by Crippen LogP contribution is -2.35. The van der Waals surface area contributed by atoms with Gasteiger partial charge < -0.3 is 10.2 Å². The van der Waals surface area contributed by atoms with Crippen LogP contribution in [0.2, 0.25) is 0 Å². The Hall–Kier alpha value is -1.76. The average molecular weight is 396 g/mol. The second-order valence-electron chi connectivity index (χ2n) is 7.47. The van der Waals surface area contributed by atoms with Crippen molar-refractivity contribution in [2.45, 2.75) is 46.0 Å². The summed E-state index contributed by atoms with van der Waals surface area (Å²) in [5.41, 5.74) is 1.73. The van der Waals surface area contributed by atoms with E-state index in [2.05, 4.69) is 24.1 Å². The molecule has 0 spiro atoms. The van der Waals surface area contributed by atoms with E-state index < -0.39 is 10.0 Å². The molecule has 7 heteroatoms. The van der Waals surface area contributed by atoms with Crippen molar-refractivity contribution in [2.24, 2.45) is 5.92 Å². The molecular weight excluding hydrogens is 362 g/mol. The van der Waals surface area contributed by atoms with Crippen LogP contribution in [0.4, 0.5) is 11.4 Å². The molecule has 0 unspecified atom stereocenters. The zero-order valence-corrected chi connectivity index (χ0v) is 17.6. The maximum Gasteiger partial charge on any atom is 0.232 e. The van der Waals surface area contributed by atoms with Gasteiger partial charge in [-0.2, -0.15) is 0 Å². The van der Waals surface area contributed by atoms with Gasteiger partial charge in [-0.15, -0.1) is 0 Å². The molecule has 1 aromatic carbocycles. The molecule has 1 aliphatic rings. The molecule has 0 aromatic heterocycles. The predicted molar refractivity (Wildman–Crippen MR) is 112 cm³/mol. The Morgan fingerprint density at radius 3 is 2.41 bits per heavy atom. The molecule has 1 fully saturated rings. The van der Waals surface area contributed by atoms with Gasteiger partial charge in [-0.3, -0.25) is 9.10 Å². The van der Waals surface area contributed by atoms with Crippen molar-refractivity contribution in [3.05, 3.63) is 24.3 Å². The largest absolute Gasteiger partial charge is 0.372 e. The molecule has 1 amide bonds. The number of sulfonamides is 1. The second kappa shape index (κ2) is 9.97. The molecule has 0 radical (unpaired) electrons. The van der Waals surface area contributed by atoms with Crippen LogP contribution in [-0.2, 0) is 14.8 Å². The van der Waals surface area contributed by atoms with Gasteiger partial charge in [-0.1, -0.05) is 20.3 Å². The van der Waals surface area contributed by atoms with Crippen molar-refractivity contribution < 1.29 is 13.2 Å². The van der Waals surface area contributed by atoms with Crippen LogP contribution in [0.1, 0.15) is 46.0 Å². The zero-order chi connectivity index (χ0) is 19.9. The van der Waals surface area contributed by atoms with Gasteiger partial charge in [0.1, 0.15) is 0 Å². The summed E-state index contributed by atoms with van der Waals surface area (Å²) in [5, 5.41) is 2.83. The highest BCUT2D eigenvalue weighted by Gasteiger charge is 2.20. The normalized spacial score (nSPS) is 15.6. The van der Waals surface area contributed by atoms with Gasteiger partial charge in [0.15, 0.2) is 0 Å². The minimum atomic E-state index is -3.44. The van der Waals surface area contributed by atoms with E-state index in [-0.39, 0.29) is 18.9 Å². The molecule has 6 nitrogen and oxygen atoms in total. The van der Waals surface area contributed by atoms with E-state index >= 15 is 0 Å². The molecule has 152 valence electrons. The number of anilines is 2. The number of nitrogens with one attached hydrogen (secondary N) is 1. The lowest BCUT2D eigenvalue weighted by atomic mass is 9.99. The van der Waals surface area contributed by atoms with Gasteiger partial charge in [0.2, 0.25) is 15.9 Å². The number of unbranched alkanes of at least 4 members (excludes halogenated alkanes) is 1. The summed E-state index contributed by atoms with van der Waals surface area (Å²) in [6, 6.07) is 7.63. The van der Waals surface area contributed by atoms with Crippen molar-refractivity contribution in [3.8, 4) is 0 Å². The first-order chi connectivity index (χ1) is 12.8. The summed E-state index contributed by atoms with van der Waals surface area (Å²) in [4.78, 5) is 14.3. The number of carbonyl (C=O) groups is 1. The first kappa shape index (κ1) is 21.5. The van der Waals surface area contributed by atoms with Crippen molar-refractivity contribution in [3.63, 3.8) is 0 Å². The summed E-state index contributed by atoms with van der Waals surface area (Å²) < 4.78 is 25.7. The molecular formula is C20H33N3O3S. The van der Waals surface area contributed by atoms with Crippen LogP contribution < -0.4 is 14.5 Å². The molecule has 27 heavy (non-hydrogen) atoms. The first-order valence-corrected chi connectivity index (χ1v) is 11.8. The van der Waals surface area contributed by atoms with Gasteiger partial charge in [0.05, 0.1) is 11.9 Å². The lowest BCUT2D eigenvalue weighted by Gasteiger charge is -2.32. The Morgan fingerprint density at radius 2 is 1.85 bits per heavy atom. The highest BCUT2D eigenvalue weighted by molar-refractivity contribution is 7.92. The Kier molecular flexibility index (Phi) is 7.95. The Morgan fingerprint density at radius 1 is 1.22 bits per heavy atom. The second-order valence-corrected chi connectivity index (χ2v) is 9.38. The van der Waals surface area contributed by atoms with E-state index in [0.717, 1.165) is 37.5 Å². The molecule has 1 heterocycles. The van der Waals surface area contributed by atoms with Gasteiger partial charge in [-0.05, 0) is 49.4 Å². The summed E-state index contributed by atoms with van der Waals surface area (Å²) in [6.07, 6.45) is 5.65. The number of piperidine rings is 1. The maximum atomic E-state index is 12.2. The third-order valence-corrected chi connectivity index (χ3v) is 6.28. The van der Waals surface area contributed by atoms with Crippen LogP contribution in [0.15, 0.2) is 24.3 Å². The third kappa shape index (κ3) is 6.72. The smallest absolute Gasteiger partial charge is 0.232 e. The van der Waals surface area contributed by atoms with Gasteiger partial charge >= 0.3 is 0 Å². The molecule has 0 aliphatic carbocycles. The van der Waals surface area contributed by atoms with E-state index in [1.165, 1.54) is 23.4 Å². The van der Waals surface area contributed by atoms with Gasteiger partial charge in [-0.25, -0.2) is 8.42 Å². The molecule has 2 rings (SSSR count). The fourth-order valence-corrected chi connectivity index (χ4v) is 4.21. The number of hydrogen-bond acceptors (Lipinski definition) is 4. The fraction of sp³-hybridized carbons (Fsp3) is 0.650. The van der Waals surface area contributed by atoms with Crippen LogP contribution in [0.5, 0.6) is 0 Å². The highest BCUT2D eigenvalue weighted by atomic mass is 32.2. The highest BCUT2D eigenvalue weighted by Crippen LogP contribution is 2.26. The Balaban J connectivity index is 2.01. The third-order valence-electron chi connectivity index (χ3n) is 5.08. The van der Waals surface area contributed by atoms with Crippen LogP contribution in [-0.4, -0.2) is 46.8 Å². The van der Waals surface area contributed by atoms with E-state index in [4.69, 9.17) is 0 Å². The van der Waals surface area contributed by atoms with Crippen molar-refractivity contribution in [1.82, 2.24) is 5.32 Å². The van der Waals surface area contributed by atoms with Crippen LogP contribution in [0.3, 0.4) is 0 Å². The Labute approximate surface area is 164 Å². The maximum absolute atomic E-state index is 12.2. The van der Waals surface area contributed by atoms with Crippen LogP contribution in [0, 0.1) is 5.92 Å². The average Bonchev–Trinajstić information content (AvgIpc) is 2.62. The number of amides is 1. The quantitative estimate of drug-likeness (QED) is 0.653. The van der Waals surface area contributed by atoms with Crippen LogP contribution >= 0.6 is 0 Å². The molecule has 0 saturated carbocycles. The molecule has 0 bridgehead atoms. The van der Waals surface area contributed by atoms with Crippen LogP contribution in [0.25, 0.3) is 0 Å². The predicted octanol–water partition coefficient (Wildman–Crippen LogP) is 3.00. The van der Waals surface area contributed by atoms with Crippen molar-refractivity contribution >= 4 is 27.3 Å². The van der Waals surface area contributed by atoms with E-state index in [1.54, 1.807) is 0 Å². The summed E-state index contributed by atoms with van der Waals surface area (Å²) in [5.74, 6) is 0.654. The topological polar surface area (TPSA) is 69.7 Å². The van der Waals surface area contributed by atoms with E-state index in [1.807, 2.05) is 24.3 Å². The van der Waals surface area contributed by atoms with E-state index in [9.17, 15) is 13.2 Å².